The van der Waals surface area contributed by atoms with Gasteiger partial charge in [0.2, 0.25) is 0 Å². The maximum Gasteiger partial charge on any atom is 0.336 e. The molecule has 0 saturated carbocycles. The van der Waals surface area contributed by atoms with Crippen LogP contribution in [0.25, 0.3) is 27.8 Å². The second kappa shape index (κ2) is 7.21. The number of carbonyl (C=O) groups is 1. The van der Waals surface area contributed by atoms with E-state index in [2.05, 4.69) is 0 Å². The number of esters is 1. The summed E-state index contributed by atoms with van der Waals surface area (Å²) in [7, 11) is 0. The molecule has 0 atom stereocenters. The first-order chi connectivity index (χ1) is 13.1. The third-order valence-corrected chi connectivity index (χ3v) is 5.20. The highest BCUT2D eigenvalue weighted by molar-refractivity contribution is 7.12. The molecule has 2 aromatic heterocycles. The zero-order valence-corrected chi connectivity index (χ0v) is 15.4. The third kappa shape index (κ3) is 3.68. The molecule has 2 heterocycles. The maximum absolute atomic E-state index is 12.1. The fraction of sp³-hybridized carbons (Fsp3) is 0.0909. The molecule has 0 bridgehead atoms. The lowest BCUT2D eigenvalue weighted by Gasteiger charge is -2.08. The second-order valence-corrected chi connectivity index (χ2v) is 7.46. The van der Waals surface area contributed by atoms with Crippen LogP contribution in [0.4, 0.5) is 0 Å². The Labute approximate surface area is 159 Å². The van der Waals surface area contributed by atoms with Gasteiger partial charge in [0.05, 0.1) is 0 Å². The molecule has 0 saturated heterocycles. The van der Waals surface area contributed by atoms with Crippen molar-refractivity contribution in [3.05, 3.63) is 86.4 Å². The van der Waals surface area contributed by atoms with Crippen LogP contribution in [0.3, 0.4) is 0 Å². The van der Waals surface area contributed by atoms with Crippen molar-refractivity contribution in [2.45, 2.75) is 13.5 Å². The number of benzene rings is 2. The van der Waals surface area contributed by atoms with Gasteiger partial charge in [-0.05, 0) is 42.0 Å². The minimum atomic E-state index is -0.464. The molecule has 134 valence electrons. The Kier molecular flexibility index (Phi) is 4.60. The van der Waals surface area contributed by atoms with Crippen LogP contribution in [-0.4, -0.2) is 5.97 Å². The monoisotopic (exact) mass is 376 g/mol. The van der Waals surface area contributed by atoms with Crippen LogP contribution in [0.1, 0.15) is 15.3 Å². The van der Waals surface area contributed by atoms with E-state index in [0.717, 1.165) is 21.0 Å². The van der Waals surface area contributed by atoms with Crippen molar-refractivity contribution in [2.24, 2.45) is 0 Å². The molecule has 27 heavy (non-hydrogen) atoms. The number of aryl methyl sites for hydroxylation is 1. The summed E-state index contributed by atoms with van der Waals surface area (Å²) in [6.07, 6.45) is 3.13. The topological polar surface area (TPSA) is 56.5 Å². The van der Waals surface area contributed by atoms with Gasteiger partial charge in [-0.15, -0.1) is 11.3 Å². The van der Waals surface area contributed by atoms with Crippen molar-refractivity contribution in [1.29, 1.82) is 0 Å². The number of rotatable bonds is 4. The van der Waals surface area contributed by atoms with Gasteiger partial charge in [-0.25, -0.2) is 9.59 Å². The van der Waals surface area contributed by atoms with Crippen molar-refractivity contribution in [1.82, 2.24) is 0 Å². The van der Waals surface area contributed by atoms with Gasteiger partial charge < -0.3 is 9.15 Å². The predicted octanol–water partition coefficient (Wildman–Crippen LogP) is 5.07. The van der Waals surface area contributed by atoms with Crippen LogP contribution in [0.15, 0.2) is 69.9 Å². The summed E-state index contributed by atoms with van der Waals surface area (Å²) in [5, 5.41) is 2.77. The highest BCUT2D eigenvalue weighted by Crippen LogP contribution is 2.27. The minimum absolute atomic E-state index is 0.00273. The number of carbonyl (C=O) groups excluding carboxylic acids is 1. The van der Waals surface area contributed by atoms with E-state index in [0.29, 0.717) is 11.1 Å². The first-order valence-electron chi connectivity index (χ1n) is 8.46. The largest absolute Gasteiger partial charge is 0.458 e. The quantitative estimate of drug-likeness (QED) is 0.216. The van der Waals surface area contributed by atoms with Crippen molar-refractivity contribution >= 4 is 45.1 Å². The first kappa shape index (κ1) is 17.2. The smallest absolute Gasteiger partial charge is 0.336 e. The van der Waals surface area contributed by atoms with Crippen LogP contribution in [0, 0.1) is 6.92 Å². The van der Waals surface area contributed by atoms with Crippen LogP contribution < -0.4 is 5.63 Å². The third-order valence-electron chi connectivity index (χ3n) is 4.23. The Morgan fingerprint density at radius 1 is 1.15 bits per heavy atom. The number of hydrogen-bond acceptors (Lipinski definition) is 5. The summed E-state index contributed by atoms with van der Waals surface area (Å²) in [4.78, 5) is 26.1. The molecule has 2 aromatic carbocycles. The molecule has 4 rings (SSSR count). The molecule has 0 N–H and O–H groups in total. The van der Waals surface area contributed by atoms with Crippen molar-refractivity contribution in [2.75, 3.05) is 0 Å². The molecule has 0 spiro atoms. The Hall–Kier alpha value is -3.18. The standard InChI is InChI=1S/C22H16O4S/c1-14-6-8-17(27-14)9-11-20(23)25-13-16-12-21(24)26-19-10-7-15-4-2-3-5-18(15)22(16)19/h2-12H,13H2,1H3/b11-9+. The van der Waals surface area contributed by atoms with Gasteiger partial charge in [0.1, 0.15) is 12.2 Å². The van der Waals surface area contributed by atoms with Crippen molar-refractivity contribution in [3.63, 3.8) is 0 Å². The summed E-state index contributed by atoms with van der Waals surface area (Å²) < 4.78 is 10.7. The van der Waals surface area contributed by atoms with Gasteiger partial charge in [-0.2, -0.15) is 0 Å². The predicted molar refractivity (Wildman–Crippen MR) is 108 cm³/mol. The van der Waals surface area contributed by atoms with Gasteiger partial charge in [0, 0.05) is 32.8 Å². The molecule has 0 amide bonds. The first-order valence-corrected chi connectivity index (χ1v) is 9.27. The van der Waals surface area contributed by atoms with E-state index in [1.807, 2.05) is 49.4 Å². The van der Waals surface area contributed by atoms with Crippen LogP contribution in [0.2, 0.25) is 0 Å². The maximum atomic E-state index is 12.1. The van der Waals surface area contributed by atoms with E-state index < -0.39 is 11.6 Å². The number of hydrogen-bond donors (Lipinski definition) is 0. The molecule has 5 heteroatoms. The van der Waals surface area contributed by atoms with E-state index in [-0.39, 0.29) is 6.61 Å². The van der Waals surface area contributed by atoms with E-state index >= 15 is 0 Å². The van der Waals surface area contributed by atoms with E-state index in [1.165, 1.54) is 17.0 Å². The van der Waals surface area contributed by atoms with E-state index in [9.17, 15) is 9.59 Å². The van der Waals surface area contributed by atoms with Gasteiger partial charge in [-0.1, -0.05) is 30.3 Å². The summed E-state index contributed by atoms with van der Waals surface area (Å²) in [6, 6.07) is 16.8. The minimum Gasteiger partial charge on any atom is -0.458 e. The zero-order chi connectivity index (χ0) is 18.8. The molecule has 0 aliphatic carbocycles. The van der Waals surface area contributed by atoms with E-state index in [4.69, 9.17) is 9.15 Å². The number of fused-ring (bicyclic) bond motifs is 3. The van der Waals surface area contributed by atoms with E-state index in [1.54, 1.807) is 23.5 Å². The van der Waals surface area contributed by atoms with Gasteiger partial charge in [0.15, 0.2) is 0 Å². The Bertz CT molecular complexity index is 1230. The average molecular weight is 376 g/mol. The zero-order valence-electron chi connectivity index (χ0n) is 14.6. The number of thiophene rings is 1. The molecule has 4 nitrogen and oxygen atoms in total. The summed E-state index contributed by atoms with van der Waals surface area (Å²) in [5.41, 5.74) is 0.650. The Balaban J connectivity index is 1.63. The van der Waals surface area contributed by atoms with Crippen LogP contribution in [0.5, 0.6) is 0 Å². The molecule has 0 unspecified atom stereocenters. The van der Waals surface area contributed by atoms with Crippen LogP contribution >= 0.6 is 11.3 Å². The summed E-state index contributed by atoms with van der Waals surface area (Å²) in [5.74, 6) is -0.456. The lowest BCUT2D eigenvalue weighted by molar-refractivity contribution is -0.138. The Morgan fingerprint density at radius 3 is 2.81 bits per heavy atom. The molecule has 4 aromatic rings. The number of ether oxygens (including phenoxy) is 1. The van der Waals surface area contributed by atoms with Crippen molar-refractivity contribution in [3.8, 4) is 0 Å². The lowest BCUT2D eigenvalue weighted by Crippen LogP contribution is -2.06. The second-order valence-electron chi connectivity index (χ2n) is 6.14. The average Bonchev–Trinajstić information content (AvgIpc) is 3.09. The fourth-order valence-corrected chi connectivity index (χ4v) is 3.80. The molecular formula is C22H16O4S. The van der Waals surface area contributed by atoms with Crippen LogP contribution in [-0.2, 0) is 16.1 Å². The fourth-order valence-electron chi connectivity index (χ4n) is 3.02. The SMILES string of the molecule is Cc1ccc(/C=C/C(=O)OCc2cc(=O)oc3ccc4ccccc4c23)s1. The molecular weight excluding hydrogens is 360 g/mol. The highest BCUT2D eigenvalue weighted by Gasteiger charge is 2.11. The molecule has 0 aliphatic heterocycles. The van der Waals surface area contributed by atoms with Crippen molar-refractivity contribution < 1.29 is 13.9 Å². The lowest BCUT2D eigenvalue weighted by atomic mass is 10.0. The molecule has 0 aliphatic rings. The van der Waals surface area contributed by atoms with Gasteiger partial charge in [0.25, 0.3) is 0 Å². The van der Waals surface area contributed by atoms with Gasteiger partial charge in [-0.3, -0.25) is 0 Å². The molecule has 0 fully saturated rings. The summed E-state index contributed by atoms with van der Waals surface area (Å²) in [6.45, 7) is 2.01. The highest BCUT2D eigenvalue weighted by atomic mass is 32.1. The molecule has 0 radical (unpaired) electrons. The van der Waals surface area contributed by atoms with Gasteiger partial charge >= 0.3 is 11.6 Å². The Morgan fingerprint density at radius 2 is 2.00 bits per heavy atom. The normalized spacial score (nSPS) is 11.4. The summed E-state index contributed by atoms with van der Waals surface area (Å²) >= 11 is 1.60.